The number of nitrogens with zero attached hydrogens (tertiary/aromatic N) is 1. The summed E-state index contributed by atoms with van der Waals surface area (Å²) in [5, 5.41) is 18.6. The summed E-state index contributed by atoms with van der Waals surface area (Å²) in [6.07, 6.45) is 17.1. The van der Waals surface area contributed by atoms with Gasteiger partial charge in [-0.2, -0.15) is 0 Å². The first kappa shape index (κ1) is 22.9. The van der Waals surface area contributed by atoms with Crippen molar-refractivity contribution in [2.75, 3.05) is 26.3 Å². The minimum atomic E-state index is 0.197. The molecule has 0 radical (unpaired) electrons. The smallest absolute Gasteiger partial charge is 0.0558 e. The van der Waals surface area contributed by atoms with E-state index in [1.54, 1.807) is 0 Å². The van der Waals surface area contributed by atoms with E-state index < -0.39 is 0 Å². The largest absolute Gasteiger partial charge is 0.395 e. The molecule has 0 saturated carbocycles. The Bertz CT molecular complexity index is 218. The predicted molar refractivity (Wildman–Crippen MR) is 101 cm³/mol. The summed E-state index contributed by atoms with van der Waals surface area (Å²) in [7, 11) is 0. The third-order valence-corrected chi connectivity index (χ3v) is 4.82. The van der Waals surface area contributed by atoms with Gasteiger partial charge in [-0.05, 0) is 12.8 Å². The zero-order chi connectivity index (χ0) is 17.2. The highest BCUT2D eigenvalue weighted by Gasteiger charge is 2.17. The summed E-state index contributed by atoms with van der Waals surface area (Å²) >= 11 is 0. The Kier molecular flexibility index (Phi) is 18.1. The third-order valence-electron chi connectivity index (χ3n) is 4.82. The van der Waals surface area contributed by atoms with Gasteiger partial charge < -0.3 is 10.2 Å². The van der Waals surface area contributed by atoms with E-state index in [1.165, 1.54) is 83.5 Å². The number of hydrogen-bond acceptors (Lipinski definition) is 3. The highest BCUT2D eigenvalue weighted by molar-refractivity contribution is 4.72. The molecule has 0 aliphatic heterocycles. The molecule has 140 valence electrons. The Morgan fingerprint density at radius 3 is 1.39 bits per heavy atom. The van der Waals surface area contributed by atoms with Crippen LogP contribution in [0.15, 0.2) is 0 Å². The van der Waals surface area contributed by atoms with Gasteiger partial charge in [0, 0.05) is 19.1 Å². The molecule has 3 heteroatoms. The normalized spacial score (nSPS) is 12.9. The minimum absolute atomic E-state index is 0.197. The lowest BCUT2D eigenvalue weighted by atomic mass is 9.99. The Labute approximate surface area is 145 Å². The number of aliphatic hydroxyl groups is 2. The van der Waals surface area contributed by atoms with E-state index in [4.69, 9.17) is 0 Å². The van der Waals surface area contributed by atoms with Crippen molar-refractivity contribution >= 4 is 0 Å². The van der Waals surface area contributed by atoms with Crippen LogP contribution in [0.5, 0.6) is 0 Å². The summed E-state index contributed by atoms with van der Waals surface area (Å²) in [5.41, 5.74) is 0. The van der Waals surface area contributed by atoms with Crippen molar-refractivity contribution in [3.05, 3.63) is 0 Å². The van der Waals surface area contributed by atoms with Gasteiger partial charge in [-0.25, -0.2) is 0 Å². The van der Waals surface area contributed by atoms with E-state index in [-0.39, 0.29) is 13.2 Å². The molecule has 0 aromatic carbocycles. The second-order valence-electron chi connectivity index (χ2n) is 6.90. The monoisotopic (exact) mass is 329 g/mol. The standard InChI is InChI=1S/C20H43NO2/c1-3-5-7-9-11-13-15-20(14-12-10-8-6-4-2)21(16-18-22)17-19-23/h20,22-23H,3-19H2,1-2H3. The number of unbranched alkanes of at least 4 members (excludes halogenated alkanes) is 9. The summed E-state index contributed by atoms with van der Waals surface area (Å²) in [4.78, 5) is 2.31. The Morgan fingerprint density at radius 1 is 0.609 bits per heavy atom. The molecule has 3 nitrogen and oxygen atoms in total. The van der Waals surface area contributed by atoms with Crippen LogP contribution in [-0.4, -0.2) is 47.5 Å². The molecule has 0 amide bonds. The molecule has 23 heavy (non-hydrogen) atoms. The third kappa shape index (κ3) is 14.0. The van der Waals surface area contributed by atoms with Crippen LogP contribution in [0.1, 0.15) is 97.3 Å². The number of aliphatic hydroxyl groups excluding tert-OH is 2. The van der Waals surface area contributed by atoms with Crippen LogP contribution in [0.2, 0.25) is 0 Å². The molecule has 0 aromatic rings. The van der Waals surface area contributed by atoms with E-state index in [1.807, 2.05) is 0 Å². The van der Waals surface area contributed by atoms with E-state index in [0.29, 0.717) is 19.1 Å². The van der Waals surface area contributed by atoms with Crippen LogP contribution in [-0.2, 0) is 0 Å². The first-order valence-corrected chi connectivity index (χ1v) is 10.3. The fourth-order valence-corrected chi connectivity index (χ4v) is 3.39. The second kappa shape index (κ2) is 18.2. The summed E-state index contributed by atoms with van der Waals surface area (Å²) in [6, 6.07) is 0.544. The van der Waals surface area contributed by atoms with Gasteiger partial charge in [-0.15, -0.1) is 0 Å². The van der Waals surface area contributed by atoms with Gasteiger partial charge in [0.05, 0.1) is 13.2 Å². The highest BCUT2D eigenvalue weighted by Crippen LogP contribution is 2.18. The zero-order valence-corrected chi connectivity index (χ0v) is 15.9. The maximum atomic E-state index is 9.30. The molecule has 1 unspecified atom stereocenters. The fraction of sp³-hybridized carbons (Fsp3) is 1.00. The lowest BCUT2D eigenvalue weighted by Crippen LogP contribution is -2.39. The summed E-state index contributed by atoms with van der Waals surface area (Å²) in [6.45, 7) is 6.32. The summed E-state index contributed by atoms with van der Waals surface area (Å²) in [5.74, 6) is 0. The lowest BCUT2D eigenvalue weighted by molar-refractivity contribution is 0.109. The fourth-order valence-electron chi connectivity index (χ4n) is 3.39. The van der Waals surface area contributed by atoms with Crippen LogP contribution in [0, 0.1) is 0 Å². The molecule has 0 aliphatic carbocycles. The first-order valence-electron chi connectivity index (χ1n) is 10.3. The van der Waals surface area contributed by atoms with Crippen molar-refractivity contribution < 1.29 is 10.2 Å². The van der Waals surface area contributed by atoms with Crippen LogP contribution >= 0.6 is 0 Å². The average Bonchev–Trinajstić information content (AvgIpc) is 2.55. The molecule has 0 bridgehead atoms. The van der Waals surface area contributed by atoms with Gasteiger partial charge in [0.25, 0.3) is 0 Å². The maximum Gasteiger partial charge on any atom is 0.0558 e. The van der Waals surface area contributed by atoms with Crippen molar-refractivity contribution in [1.82, 2.24) is 4.90 Å². The Hall–Kier alpha value is -0.120. The minimum Gasteiger partial charge on any atom is -0.395 e. The molecule has 0 spiro atoms. The van der Waals surface area contributed by atoms with Crippen LogP contribution in [0.25, 0.3) is 0 Å². The maximum absolute atomic E-state index is 9.30. The van der Waals surface area contributed by atoms with Gasteiger partial charge in [0.2, 0.25) is 0 Å². The van der Waals surface area contributed by atoms with Crippen LogP contribution in [0.4, 0.5) is 0 Å². The molecular formula is C20H43NO2. The van der Waals surface area contributed by atoms with Crippen LogP contribution in [0.3, 0.4) is 0 Å². The molecular weight excluding hydrogens is 286 g/mol. The molecule has 0 heterocycles. The van der Waals surface area contributed by atoms with Crippen molar-refractivity contribution in [3.8, 4) is 0 Å². The van der Waals surface area contributed by atoms with Crippen molar-refractivity contribution in [2.45, 2.75) is 103 Å². The van der Waals surface area contributed by atoms with Gasteiger partial charge in [0.1, 0.15) is 0 Å². The number of hydrogen-bond donors (Lipinski definition) is 2. The molecule has 0 saturated heterocycles. The zero-order valence-electron chi connectivity index (χ0n) is 15.9. The van der Waals surface area contributed by atoms with E-state index in [0.717, 1.165) is 0 Å². The predicted octanol–water partition coefficient (Wildman–Crippen LogP) is 4.75. The molecule has 2 N–H and O–H groups in total. The lowest BCUT2D eigenvalue weighted by Gasteiger charge is -2.31. The first-order chi connectivity index (χ1) is 11.3. The summed E-state index contributed by atoms with van der Waals surface area (Å²) < 4.78 is 0. The van der Waals surface area contributed by atoms with E-state index in [2.05, 4.69) is 18.7 Å². The average molecular weight is 330 g/mol. The van der Waals surface area contributed by atoms with Crippen molar-refractivity contribution in [3.63, 3.8) is 0 Å². The Morgan fingerprint density at radius 2 is 1.00 bits per heavy atom. The van der Waals surface area contributed by atoms with Crippen molar-refractivity contribution in [2.24, 2.45) is 0 Å². The molecule has 0 fully saturated rings. The molecule has 0 aromatic heterocycles. The molecule has 1 atom stereocenters. The number of rotatable bonds is 18. The van der Waals surface area contributed by atoms with Crippen molar-refractivity contribution in [1.29, 1.82) is 0 Å². The second-order valence-corrected chi connectivity index (χ2v) is 6.90. The van der Waals surface area contributed by atoms with Gasteiger partial charge >= 0.3 is 0 Å². The molecule has 0 rings (SSSR count). The topological polar surface area (TPSA) is 43.7 Å². The van der Waals surface area contributed by atoms with Gasteiger partial charge in [0.15, 0.2) is 0 Å². The SMILES string of the molecule is CCCCCCCCC(CCCCCCC)N(CCO)CCO. The van der Waals surface area contributed by atoms with Crippen LogP contribution < -0.4 is 0 Å². The highest BCUT2D eigenvalue weighted by atomic mass is 16.3. The van der Waals surface area contributed by atoms with E-state index >= 15 is 0 Å². The quantitative estimate of drug-likeness (QED) is 0.357. The Balaban J connectivity index is 4.12. The molecule has 0 aliphatic rings. The van der Waals surface area contributed by atoms with Gasteiger partial charge in [-0.1, -0.05) is 84.5 Å². The van der Waals surface area contributed by atoms with Gasteiger partial charge in [-0.3, -0.25) is 4.90 Å². The van der Waals surface area contributed by atoms with E-state index in [9.17, 15) is 10.2 Å².